The van der Waals surface area contributed by atoms with Crippen LogP contribution >= 0.6 is 0 Å². The molecule has 16 atom stereocenters. The van der Waals surface area contributed by atoms with E-state index < -0.39 is 97.8 Å². The molecule has 0 bridgehead atoms. The molecule has 2 heterocycles. The Bertz CT molecular complexity index is 648. The van der Waals surface area contributed by atoms with E-state index in [-0.39, 0.29) is 6.42 Å². The number of rotatable bonds is 6. The summed E-state index contributed by atoms with van der Waals surface area (Å²) in [6.45, 7) is 2.96. The minimum atomic E-state index is -1.48. The highest BCUT2D eigenvalue weighted by Gasteiger charge is 2.52. The molecule has 1 saturated carbocycles. The zero-order valence-electron chi connectivity index (χ0n) is 18.6. The van der Waals surface area contributed by atoms with Crippen LogP contribution in [-0.4, -0.2) is 128 Å². The van der Waals surface area contributed by atoms with E-state index >= 15 is 0 Å². The highest BCUT2D eigenvalue weighted by Crippen LogP contribution is 2.32. The Morgan fingerprint density at radius 3 is 1.82 bits per heavy atom. The first-order valence-electron chi connectivity index (χ1n) is 11.1. The fraction of sp³-hybridized carbons (Fsp3) is 1.00. The second-order valence-corrected chi connectivity index (χ2v) is 9.33. The standard InChI is InChI=1S/C19H38N4O10/c1-4(20)14-12(28)13(29)19(30-14)33-17-9(25)6(21)3-7(22)16(17)32-18-8(23)10(26)11(27)15(31-18)5(2)24/h4-19,24-29H,3,20-23H2,1-2H3/t4-,5+,6+,7?,8?,9?,10?,11-,12?,13-,14+,15?,16+,17?,18+,19-/m0/s1. The Labute approximate surface area is 191 Å². The van der Waals surface area contributed by atoms with Crippen LogP contribution in [0.1, 0.15) is 20.3 Å². The number of aliphatic hydroxyl groups is 6. The van der Waals surface area contributed by atoms with E-state index in [1.54, 1.807) is 6.92 Å². The van der Waals surface area contributed by atoms with Gasteiger partial charge in [0, 0.05) is 18.1 Å². The highest BCUT2D eigenvalue weighted by molar-refractivity contribution is 5.02. The molecule has 0 spiro atoms. The van der Waals surface area contributed by atoms with Crippen LogP contribution in [-0.2, 0) is 18.9 Å². The lowest BCUT2D eigenvalue weighted by atomic mass is 9.84. The maximum atomic E-state index is 10.7. The summed E-state index contributed by atoms with van der Waals surface area (Å²) in [6, 6.07) is -3.41. The molecule has 14 N–H and O–H groups in total. The average Bonchev–Trinajstić information content (AvgIpc) is 3.02. The summed E-state index contributed by atoms with van der Waals surface area (Å²) in [5, 5.41) is 61.6. The van der Waals surface area contributed by atoms with Crippen LogP contribution in [0, 0.1) is 0 Å². The first-order chi connectivity index (χ1) is 15.3. The molecular weight excluding hydrogens is 444 g/mol. The molecule has 0 amide bonds. The zero-order chi connectivity index (χ0) is 24.8. The molecule has 194 valence electrons. The van der Waals surface area contributed by atoms with Crippen LogP contribution in [0.4, 0.5) is 0 Å². The normalized spacial score (nSPS) is 53.1. The summed E-state index contributed by atoms with van der Waals surface area (Å²) in [5.41, 5.74) is 24.0. The molecule has 1 aliphatic carbocycles. The Balaban J connectivity index is 1.80. The van der Waals surface area contributed by atoms with Crippen molar-refractivity contribution < 1.29 is 49.6 Å². The van der Waals surface area contributed by atoms with Gasteiger partial charge in [-0.2, -0.15) is 0 Å². The molecule has 2 aliphatic heterocycles. The third kappa shape index (κ3) is 5.34. The van der Waals surface area contributed by atoms with Gasteiger partial charge in [0.15, 0.2) is 12.6 Å². The van der Waals surface area contributed by atoms with E-state index in [0.29, 0.717) is 0 Å². The number of hydrogen-bond donors (Lipinski definition) is 10. The molecule has 0 radical (unpaired) electrons. The number of aliphatic hydroxyl groups excluding tert-OH is 6. The quantitative estimate of drug-likeness (QED) is 0.169. The van der Waals surface area contributed by atoms with E-state index in [4.69, 9.17) is 41.9 Å². The van der Waals surface area contributed by atoms with Gasteiger partial charge in [0.2, 0.25) is 0 Å². The van der Waals surface area contributed by atoms with E-state index in [1.807, 2.05) is 0 Å². The van der Waals surface area contributed by atoms with Gasteiger partial charge in [0.25, 0.3) is 0 Å². The SMILES string of the molecule is C[C@H](N)[C@H]1O[C@@H](OC2C(O)[C@H](N)CC(N)[C@H]2O[C@H]2OC([C@@H](C)O)[C@@H](O)C(O)C2N)[C@@H](O)C1O. The lowest BCUT2D eigenvalue weighted by molar-refractivity contribution is -0.315. The molecule has 3 rings (SSSR count). The van der Waals surface area contributed by atoms with Crippen molar-refractivity contribution in [2.75, 3.05) is 0 Å². The fourth-order valence-corrected chi connectivity index (χ4v) is 4.57. The molecule has 0 aromatic rings. The Hall–Kier alpha value is -0.560. The molecule has 14 nitrogen and oxygen atoms in total. The van der Waals surface area contributed by atoms with Gasteiger partial charge in [-0.05, 0) is 20.3 Å². The second-order valence-electron chi connectivity index (χ2n) is 9.33. The highest BCUT2D eigenvalue weighted by atomic mass is 16.7. The van der Waals surface area contributed by atoms with Crippen molar-refractivity contribution in [1.29, 1.82) is 0 Å². The van der Waals surface area contributed by atoms with Crippen molar-refractivity contribution in [3.63, 3.8) is 0 Å². The van der Waals surface area contributed by atoms with Crippen molar-refractivity contribution in [2.45, 2.75) is 118 Å². The van der Waals surface area contributed by atoms with Crippen LogP contribution in [0.3, 0.4) is 0 Å². The first kappa shape index (κ1) is 27.0. The zero-order valence-corrected chi connectivity index (χ0v) is 18.6. The Morgan fingerprint density at radius 2 is 1.27 bits per heavy atom. The smallest absolute Gasteiger partial charge is 0.187 e. The average molecular weight is 483 g/mol. The van der Waals surface area contributed by atoms with Crippen LogP contribution < -0.4 is 22.9 Å². The molecule has 14 heteroatoms. The van der Waals surface area contributed by atoms with E-state index in [9.17, 15) is 30.6 Å². The minimum absolute atomic E-state index is 0.137. The molecular formula is C19H38N4O10. The van der Waals surface area contributed by atoms with Crippen molar-refractivity contribution >= 4 is 0 Å². The van der Waals surface area contributed by atoms with Crippen LogP contribution in [0.25, 0.3) is 0 Å². The van der Waals surface area contributed by atoms with Crippen molar-refractivity contribution in [2.24, 2.45) is 22.9 Å². The predicted octanol–water partition coefficient (Wildman–Crippen LogP) is -5.88. The van der Waals surface area contributed by atoms with Crippen LogP contribution in [0.15, 0.2) is 0 Å². The van der Waals surface area contributed by atoms with Crippen molar-refractivity contribution in [1.82, 2.24) is 0 Å². The third-order valence-corrected chi connectivity index (χ3v) is 6.58. The van der Waals surface area contributed by atoms with Gasteiger partial charge in [-0.1, -0.05) is 0 Å². The lowest BCUT2D eigenvalue weighted by Gasteiger charge is -2.47. The molecule has 0 aromatic heterocycles. The minimum Gasteiger partial charge on any atom is -0.391 e. The second kappa shape index (κ2) is 10.6. The first-order valence-corrected chi connectivity index (χ1v) is 11.1. The Kier molecular flexibility index (Phi) is 8.68. The van der Waals surface area contributed by atoms with E-state index in [1.165, 1.54) is 6.92 Å². The topological polar surface area (TPSA) is 262 Å². The summed E-state index contributed by atoms with van der Waals surface area (Å²) in [7, 11) is 0. The number of nitrogens with two attached hydrogens (primary N) is 4. The van der Waals surface area contributed by atoms with Crippen LogP contribution in [0.5, 0.6) is 0 Å². The molecule has 3 fully saturated rings. The third-order valence-electron chi connectivity index (χ3n) is 6.58. The maximum absolute atomic E-state index is 10.7. The van der Waals surface area contributed by atoms with Crippen molar-refractivity contribution in [3.05, 3.63) is 0 Å². The summed E-state index contributed by atoms with van der Waals surface area (Å²) in [4.78, 5) is 0. The molecule has 2 saturated heterocycles. The van der Waals surface area contributed by atoms with Gasteiger partial charge in [0.05, 0.1) is 18.2 Å². The van der Waals surface area contributed by atoms with Gasteiger partial charge in [0.1, 0.15) is 48.8 Å². The van der Waals surface area contributed by atoms with Gasteiger partial charge < -0.3 is 72.5 Å². The maximum Gasteiger partial charge on any atom is 0.187 e. The van der Waals surface area contributed by atoms with Crippen LogP contribution in [0.2, 0.25) is 0 Å². The summed E-state index contributed by atoms with van der Waals surface area (Å²) >= 11 is 0. The summed E-state index contributed by atoms with van der Waals surface area (Å²) in [6.07, 6.45) is -15.2. The predicted molar refractivity (Wildman–Crippen MR) is 111 cm³/mol. The van der Waals surface area contributed by atoms with Gasteiger partial charge in [-0.25, -0.2) is 0 Å². The molecule has 7 unspecified atom stereocenters. The molecule has 3 aliphatic rings. The molecule has 0 aromatic carbocycles. The van der Waals surface area contributed by atoms with E-state index in [0.717, 1.165) is 0 Å². The number of ether oxygens (including phenoxy) is 4. The van der Waals surface area contributed by atoms with Gasteiger partial charge in [-0.15, -0.1) is 0 Å². The van der Waals surface area contributed by atoms with Crippen molar-refractivity contribution in [3.8, 4) is 0 Å². The number of hydrogen-bond acceptors (Lipinski definition) is 14. The Morgan fingerprint density at radius 1 is 0.727 bits per heavy atom. The van der Waals surface area contributed by atoms with Gasteiger partial charge >= 0.3 is 0 Å². The molecule has 33 heavy (non-hydrogen) atoms. The summed E-state index contributed by atoms with van der Waals surface area (Å²) in [5.74, 6) is 0. The monoisotopic (exact) mass is 482 g/mol. The lowest BCUT2D eigenvalue weighted by Crippen LogP contribution is -2.68. The largest absolute Gasteiger partial charge is 0.391 e. The van der Waals surface area contributed by atoms with Gasteiger partial charge in [-0.3, -0.25) is 0 Å². The summed E-state index contributed by atoms with van der Waals surface area (Å²) < 4.78 is 22.9. The fourth-order valence-electron chi connectivity index (χ4n) is 4.57. The van der Waals surface area contributed by atoms with E-state index in [2.05, 4.69) is 0 Å².